The van der Waals surface area contributed by atoms with Crippen LogP contribution in [0.1, 0.15) is 70.7 Å². The topological polar surface area (TPSA) is 79.5 Å². The van der Waals surface area contributed by atoms with Crippen molar-refractivity contribution < 1.29 is 14.1 Å². The fourth-order valence-corrected chi connectivity index (χ4v) is 4.43. The Hall–Kier alpha value is -2.41. The number of likely N-dealkylation sites (tertiary alicyclic amines) is 1. The van der Waals surface area contributed by atoms with Gasteiger partial charge >= 0.3 is 0 Å². The summed E-state index contributed by atoms with van der Waals surface area (Å²) in [5.74, 6) is 0.814. The first-order valence-electron chi connectivity index (χ1n) is 11.6. The van der Waals surface area contributed by atoms with Crippen LogP contribution in [-0.4, -0.2) is 51.9 Å². The number of carbonyl (C=O) groups excluding carboxylic acids is 2. The van der Waals surface area contributed by atoms with Gasteiger partial charge in [-0.1, -0.05) is 55.6 Å². The number of benzene rings is 1. The van der Waals surface area contributed by atoms with Gasteiger partial charge in [0.1, 0.15) is 6.04 Å². The molecule has 0 saturated carbocycles. The lowest BCUT2D eigenvalue weighted by Crippen LogP contribution is -2.46. The number of hydrogen-bond acceptors (Lipinski definition) is 5. The van der Waals surface area contributed by atoms with Gasteiger partial charge in [-0.3, -0.25) is 9.59 Å². The van der Waals surface area contributed by atoms with E-state index in [2.05, 4.69) is 17.1 Å². The van der Waals surface area contributed by atoms with Gasteiger partial charge in [0.05, 0.1) is 6.54 Å². The molecule has 2 unspecified atom stereocenters. The first kappa shape index (κ1) is 24.2. The highest BCUT2D eigenvalue weighted by Crippen LogP contribution is 2.31. The molecule has 1 aromatic carbocycles. The fourth-order valence-electron chi connectivity index (χ4n) is 4.24. The molecule has 2 amide bonds. The van der Waals surface area contributed by atoms with Gasteiger partial charge in [0, 0.05) is 30.1 Å². The molecule has 8 heteroatoms. The lowest BCUT2D eigenvalue weighted by Gasteiger charge is -2.35. The van der Waals surface area contributed by atoms with E-state index >= 15 is 0 Å². The molecule has 0 radical (unpaired) electrons. The highest BCUT2D eigenvalue weighted by molar-refractivity contribution is 6.30. The molecule has 2 aromatic rings. The molecule has 0 spiro atoms. The SMILES string of the molecule is CCCCC(CC)C(=O)N(C)CC(=O)N1CCCCC1c1nc(-c2cccc(Cl)c2)no1. The van der Waals surface area contributed by atoms with E-state index in [0.717, 1.165) is 50.5 Å². The highest BCUT2D eigenvalue weighted by atomic mass is 35.5. The van der Waals surface area contributed by atoms with Gasteiger partial charge in [-0.15, -0.1) is 0 Å². The van der Waals surface area contributed by atoms with Gasteiger partial charge < -0.3 is 14.3 Å². The Morgan fingerprint density at radius 2 is 2.12 bits per heavy atom. The second-order valence-electron chi connectivity index (χ2n) is 8.51. The number of nitrogens with zero attached hydrogens (tertiary/aromatic N) is 4. The molecule has 7 nitrogen and oxygen atoms in total. The van der Waals surface area contributed by atoms with Crippen molar-refractivity contribution in [2.45, 2.75) is 64.8 Å². The monoisotopic (exact) mass is 460 g/mol. The van der Waals surface area contributed by atoms with Gasteiger partial charge in [-0.05, 0) is 44.2 Å². The lowest BCUT2D eigenvalue weighted by molar-refractivity contribution is -0.144. The van der Waals surface area contributed by atoms with Crippen molar-refractivity contribution in [2.75, 3.05) is 20.1 Å². The molecule has 0 bridgehead atoms. The molecule has 174 valence electrons. The normalized spacial score (nSPS) is 17.2. The van der Waals surface area contributed by atoms with E-state index in [1.165, 1.54) is 0 Å². The summed E-state index contributed by atoms with van der Waals surface area (Å²) in [6.07, 6.45) is 6.39. The molecular formula is C24H33ClN4O3. The molecule has 1 saturated heterocycles. The fraction of sp³-hybridized carbons (Fsp3) is 0.583. The molecule has 1 fully saturated rings. The highest BCUT2D eigenvalue weighted by Gasteiger charge is 2.33. The van der Waals surface area contributed by atoms with E-state index < -0.39 is 0 Å². The van der Waals surface area contributed by atoms with Crippen LogP contribution in [0.25, 0.3) is 11.4 Å². The van der Waals surface area contributed by atoms with Crippen LogP contribution in [0.3, 0.4) is 0 Å². The molecule has 1 aromatic heterocycles. The van der Waals surface area contributed by atoms with Crippen LogP contribution >= 0.6 is 11.6 Å². The second kappa shape index (κ2) is 11.5. The van der Waals surface area contributed by atoms with Gasteiger partial charge in [-0.2, -0.15) is 4.98 Å². The largest absolute Gasteiger partial charge is 0.337 e. The van der Waals surface area contributed by atoms with Crippen LogP contribution in [-0.2, 0) is 9.59 Å². The van der Waals surface area contributed by atoms with Crippen molar-refractivity contribution in [2.24, 2.45) is 5.92 Å². The number of rotatable bonds is 9. The van der Waals surface area contributed by atoms with Gasteiger partial charge in [0.2, 0.25) is 23.5 Å². The van der Waals surface area contributed by atoms with Crippen molar-refractivity contribution >= 4 is 23.4 Å². The third kappa shape index (κ3) is 5.88. The molecule has 32 heavy (non-hydrogen) atoms. The van der Waals surface area contributed by atoms with Crippen molar-refractivity contribution in [1.82, 2.24) is 19.9 Å². The minimum absolute atomic E-state index is 0.0268. The number of carbonyl (C=O) groups is 2. The summed E-state index contributed by atoms with van der Waals surface area (Å²) < 4.78 is 5.55. The zero-order valence-corrected chi connectivity index (χ0v) is 20.0. The summed E-state index contributed by atoms with van der Waals surface area (Å²) in [7, 11) is 1.72. The summed E-state index contributed by atoms with van der Waals surface area (Å²) in [6.45, 7) is 4.83. The Morgan fingerprint density at radius 1 is 1.31 bits per heavy atom. The molecule has 3 rings (SSSR count). The number of amides is 2. The van der Waals surface area contributed by atoms with Gasteiger partial charge in [0.15, 0.2) is 0 Å². The minimum atomic E-state index is -0.276. The summed E-state index contributed by atoms with van der Waals surface area (Å²) >= 11 is 6.08. The molecular weight excluding hydrogens is 428 g/mol. The van der Waals surface area contributed by atoms with Crippen LogP contribution in [0.4, 0.5) is 0 Å². The van der Waals surface area contributed by atoms with E-state index in [1.54, 1.807) is 29.0 Å². The molecule has 1 aliphatic rings. The third-order valence-corrected chi connectivity index (χ3v) is 6.36. The number of piperidine rings is 1. The Bertz CT molecular complexity index is 916. The lowest BCUT2D eigenvalue weighted by atomic mass is 9.98. The zero-order chi connectivity index (χ0) is 23.1. The van der Waals surface area contributed by atoms with Crippen LogP contribution < -0.4 is 0 Å². The van der Waals surface area contributed by atoms with E-state index in [-0.39, 0.29) is 30.3 Å². The Balaban J connectivity index is 1.70. The van der Waals surface area contributed by atoms with Crippen LogP contribution in [0.2, 0.25) is 5.02 Å². The van der Waals surface area contributed by atoms with Crippen LogP contribution in [0, 0.1) is 5.92 Å². The second-order valence-corrected chi connectivity index (χ2v) is 8.94. The average Bonchev–Trinajstić information content (AvgIpc) is 3.29. The maximum Gasteiger partial charge on any atom is 0.249 e. The number of unbranched alkanes of at least 4 members (excludes halogenated alkanes) is 1. The first-order chi connectivity index (χ1) is 15.4. The van der Waals surface area contributed by atoms with Crippen molar-refractivity contribution in [3.8, 4) is 11.4 Å². The predicted molar refractivity (Wildman–Crippen MR) is 124 cm³/mol. The van der Waals surface area contributed by atoms with Crippen molar-refractivity contribution in [1.29, 1.82) is 0 Å². The smallest absolute Gasteiger partial charge is 0.249 e. The van der Waals surface area contributed by atoms with Gasteiger partial charge in [-0.25, -0.2) is 0 Å². The molecule has 0 aliphatic carbocycles. The maximum atomic E-state index is 13.2. The third-order valence-electron chi connectivity index (χ3n) is 6.13. The van der Waals surface area contributed by atoms with Crippen LogP contribution in [0.15, 0.2) is 28.8 Å². The Kier molecular flexibility index (Phi) is 8.67. The summed E-state index contributed by atoms with van der Waals surface area (Å²) in [6, 6.07) is 7.00. The number of hydrogen-bond donors (Lipinski definition) is 0. The van der Waals surface area contributed by atoms with Crippen LogP contribution in [0.5, 0.6) is 0 Å². The van der Waals surface area contributed by atoms with Gasteiger partial charge in [0.25, 0.3) is 0 Å². The Labute approximate surface area is 195 Å². The predicted octanol–water partition coefficient (Wildman–Crippen LogP) is 5.12. The standard InChI is InChI=1S/C24H33ClN4O3/c1-4-6-10-17(5-2)24(31)28(3)16-21(30)29-14-8-7-13-20(29)23-26-22(27-32-23)18-11-9-12-19(25)15-18/h9,11-12,15,17,20H,4-8,10,13-14,16H2,1-3H3. The summed E-state index contributed by atoms with van der Waals surface area (Å²) in [4.78, 5) is 33.9. The molecule has 0 N–H and O–H groups in total. The quantitative estimate of drug-likeness (QED) is 0.519. The average molecular weight is 461 g/mol. The summed E-state index contributed by atoms with van der Waals surface area (Å²) in [5.41, 5.74) is 0.768. The van der Waals surface area contributed by atoms with E-state index in [4.69, 9.17) is 16.1 Å². The van der Waals surface area contributed by atoms with E-state index in [1.807, 2.05) is 19.1 Å². The zero-order valence-electron chi connectivity index (χ0n) is 19.2. The molecule has 1 aliphatic heterocycles. The number of halogens is 1. The molecule has 2 heterocycles. The molecule has 2 atom stereocenters. The number of aromatic nitrogens is 2. The first-order valence-corrected chi connectivity index (χ1v) is 12.0. The summed E-state index contributed by atoms with van der Waals surface area (Å²) in [5, 5.41) is 4.70. The Morgan fingerprint density at radius 3 is 2.84 bits per heavy atom. The van der Waals surface area contributed by atoms with Crippen molar-refractivity contribution in [3.63, 3.8) is 0 Å². The minimum Gasteiger partial charge on any atom is -0.337 e. The van der Waals surface area contributed by atoms with Crippen molar-refractivity contribution in [3.05, 3.63) is 35.2 Å². The van der Waals surface area contributed by atoms with E-state index in [9.17, 15) is 9.59 Å². The maximum absolute atomic E-state index is 13.2. The van der Waals surface area contributed by atoms with E-state index in [0.29, 0.717) is 23.3 Å². The number of likely N-dealkylation sites (N-methyl/N-ethyl adjacent to an activating group) is 1.